The molecular formula is C32H40ClF3N6O4S. The van der Waals surface area contributed by atoms with Crippen LogP contribution in [-0.4, -0.2) is 100 Å². The molecule has 256 valence electrons. The average Bonchev–Trinajstić information content (AvgIpc) is 3.52. The Hall–Kier alpha value is -3.23. The number of phenols is 1. The first-order valence-corrected chi connectivity index (χ1v) is 17.5. The number of likely N-dealkylation sites (tertiary alicyclic amines) is 3. The standard InChI is InChI=1S/C32H40ClF3N6O4S/c33-25-17-20(16-24(27(25)43)32(34,35)36)18-26(29(44)40-11-4-22(5-12-40)39-9-2-1-3-10-39)37-30(45)41-13-6-23(7-14-41)42-19-21-8-15-47-28(21)38-31(42)46/h8,15-17,22-23,26,43H,1-7,9-14,18-19H2,(H,37,45)(H,38,46)/t26-/m1/s1. The first kappa shape index (κ1) is 33.7. The molecule has 0 unspecified atom stereocenters. The van der Waals surface area contributed by atoms with Crippen molar-refractivity contribution in [3.63, 3.8) is 0 Å². The van der Waals surface area contributed by atoms with Crippen molar-refractivity contribution in [3.05, 3.63) is 45.3 Å². The summed E-state index contributed by atoms with van der Waals surface area (Å²) in [5.41, 5.74) is -0.165. The molecule has 0 saturated carbocycles. The van der Waals surface area contributed by atoms with Gasteiger partial charge in [0, 0.05) is 50.2 Å². The van der Waals surface area contributed by atoms with Crippen LogP contribution in [0.2, 0.25) is 5.02 Å². The average molecular weight is 697 g/mol. The number of halogens is 4. The fourth-order valence-electron chi connectivity index (χ4n) is 7.29. The van der Waals surface area contributed by atoms with Gasteiger partial charge >= 0.3 is 18.2 Å². The zero-order chi connectivity index (χ0) is 33.3. The van der Waals surface area contributed by atoms with Crippen molar-refractivity contribution < 1.29 is 32.7 Å². The second-order valence-corrected chi connectivity index (χ2v) is 14.2. The Balaban J connectivity index is 1.13. The Morgan fingerprint density at radius 3 is 2.34 bits per heavy atom. The van der Waals surface area contributed by atoms with Crippen LogP contribution < -0.4 is 10.6 Å². The number of alkyl halides is 3. The number of benzene rings is 1. The number of hydrogen-bond acceptors (Lipinski definition) is 6. The fourth-order valence-corrected chi connectivity index (χ4v) is 8.33. The molecule has 1 atom stereocenters. The Labute approximate surface area is 280 Å². The van der Waals surface area contributed by atoms with Crippen LogP contribution in [0.4, 0.5) is 27.8 Å². The molecule has 4 aliphatic heterocycles. The van der Waals surface area contributed by atoms with Crippen LogP contribution in [0.15, 0.2) is 23.6 Å². The lowest BCUT2D eigenvalue weighted by atomic mass is 9.97. The quantitative estimate of drug-likeness (QED) is 0.358. The zero-order valence-corrected chi connectivity index (χ0v) is 27.6. The van der Waals surface area contributed by atoms with Crippen molar-refractivity contribution in [2.24, 2.45) is 0 Å². The highest BCUT2D eigenvalue weighted by Crippen LogP contribution is 2.40. The van der Waals surface area contributed by atoms with Crippen LogP contribution in [0.3, 0.4) is 0 Å². The number of nitrogens with zero attached hydrogens (tertiary/aromatic N) is 4. The number of amides is 5. The molecule has 5 heterocycles. The van der Waals surface area contributed by atoms with Crippen molar-refractivity contribution in [2.45, 2.75) is 82.2 Å². The van der Waals surface area contributed by atoms with Crippen molar-refractivity contribution in [3.8, 4) is 5.75 Å². The number of aromatic hydroxyl groups is 1. The summed E-state index contributed by atoms with van der Waals surface area (Å²) in [6.07, 6.45) is 1.15. The lowest BCUT2D eigenvalue weighted by Gasteiger charge is -2.41. The number of rotatable bonds is 6. The van der Waals surface area contributed by atoms with Crippen molar-refractivity contribution >= 4 is 45.9 Å². The van der Waals surface area contributed by atoms with E-state index in [9.17, 15) is 32.7 Å². The molecule has 0 radical (unpaired) electrons. The molecule has 5 amide bonds. The SMILES string of the molecule is O=C(N[C@H](Cc1cc(Cl)c(O)c(C(F)(F)F)c1)C(=O)N1CCC(N2CCCCC2)CC1)N1CCC(N2Cc3ccsc3NC2=O)CC1. The van der Waals surface area contributed by atoms with Crippen molar-refractivity contribution in [1.29, 1.82) is 0 Å². The number of urea groups is 2. The van der Waals surface area contributed by atoms with Crippen LogP contribution in [0, 0.1) is 0 Å². The van der Waals surface area contributed by atoms with E-state index < -0.39 is 34.6 Å². The van der Waals surface area contributed by atoms with E-state index in [4.69, 9.17) is 11.6 Å². The van der Waals surface area contributed by atoms with E-state index in [1.807, 2.05) is 11.4 Å². The number of carbonyl (C=O) groups excluding carboxylic acids is 3. The van der Waals surface area contributed by atoms with Crippen LogP contribution in [0.5, 0.6) is 5.75 Å². The summed E-state index contributed by atoms with van der Waals surface area (Å²) >= 11 is 7.47. The van der Waals surface area contributed by atoms with E-state index in [-0.39, 0.29) is 30.0 Å². The minimum absolute atomic E-state index is 0.0642. The molecule has 10 nitrogen and oxygen atoms in total. The number of anilines is 1. The van der Waals surface area contributed by atoms with Gasteiger partial charge in [-0.15, -0.1) is 11.3 Å². The molecule has 3 N–H and O–H groups in total. The predicted molar refractivity (Wildman–Crippen MR) is 173 cm³/mol. The molecular weight excluding hydrogens is 657 g/mol. The fraction of sp³-hybridized carbons (Fsp3) is 0.594. The summed E-state index contributed by atoms with van der Waals surface area (Å²) < 4.78 is 41.1. The molecule has 15 heteroatoms. The number of nitrogens with one attached hydrogen (secondary N) is 2. The van der Waals surface area contributed by atoms with Gasteiger partial charge in [0.2, 0.25) is 5.91 Å². The zero-order valence-electron chi connectivity index (χ0n) is 26.0. The number of fused-ring (bicyclic) bond motifs is 1. The monoisotopic (exact) mass is 696 g/mol. The Bertz CT molecular complexity index is 1470. The lowest BCUT2D eigenvalue weighted by molar-refractivity contribution is -0.138. The second-order valence-electron chi connectivity index (χ2n) is 12.9. The highest BCUT2D eigenvalue weighted by Gasteiger charge is 2.38. The number of phenolic OH excluding ortho intramolecular Hbond substituents is 1. The van der Waals surface area contributed by atoms with Crippen LogP contribution >= 0.6 is 22.9 Å². The van der Waals surface area contributed by atoms with Crippen LogP contribution in [0.25, 0.3) is 0 Å². The van der Waals surface area contributed by atoms with Gasteiger partial charge < -0.3 is 30.0 Å². The van der Waals surface area contributed by atoms with E-state index in [1.165, 1.54) is 36.7 Å². The maximum atomic E-state index is 13.9. The summed E-state index contributed by atoms with van der Waals surface area (Å²) in [5, 5.41) is 18.0. The molecule has 0 spiro atoms. The Morgan fingerprint density at radius 1 is 1.00 bits per heavy atom. The smallest absolute Gasteiger partial charge is 0.420 e. The van der Waals surface area contributed by atoms with Gasteiger partial charge in [0.25, 0.3) is 0 Å². The summed E-state index contributed by atoms with van der Waals surface area (Å²) in [6.45, 7) is 4.28. The minimum atomic E-state index is -4.86. The van der Waals surface area contributed by atoms with Gasteiger partial charge in [-0.25, -0.2) is 9.59 Å². The predicted octanol–water partition coefficient (Wildman–Crippen LogP) is 5.74. The molecule has 47 heavy (non-hydrogen) atoms. The molecule has 0 bridgehead atoms. The van der Waals surface area contributed by atoms with Gasteiger partial charge in [0.1, 0.15) is 16.8 Å². The van der Waals surface area contributed by atoms with E-state index >= 15 is 0 Å². The largest absolute Gasteiger partial charge is 0.506 e. The number of thiophene rings is 1. The molecule has 0 aliphatic carbocycles. The van der Waals surface area contributed by atoms with Gasteiger partial charge in [0.15, 0.2) is 0 Å². The number of carbonyl (C=O) groups is 3. The highest BCUT2D eigenvalue weighted by molar-refractivity contribution is 7.14. The first-order valence-electron chi connectivity index (χ1n) is 16.3. The molecule has 1 aromatic heterocycles. The van der Waals surface area contributed by atoms with E-state index in [0.29, 0.717) is 51.6 Å². The molecule has 6 rings (SSSR count). The molecule has 4 aliphatic rings. The third kappa shape index (κ3) is 7.59. The molecule has 1 aromatic carbocycles. The highest BCUT2D eigenvalue weighted by atomic mass is 35.5. The van der Waals surface area contributed by atoms with Gasteiger partial charge in [-0.2, -0.15) is 13.2 Å². The minimum Gasteiger partial charge on any atom is -0.506 e. The summed E-state index contributed by atoms with van der Waals surface area (Å²) in [5.74, 6) is -1.44. The summed E-state index contributed by atoms with van der Waals surface area (Å²) in [7, 11) is 0. The van der Waals surface area contributed by atoms with Crippen LogP contribution in [0.1, 0.15) is 61.6 Å². The second kappa shape index (κ2) is 14.1. The number of piperidine rings is 3. The van der Waals surface area contributed by atoms with E-state index in [2.05, 4.69) is 15.5 Å². The molecule has 3 saturated heterocycles. The van der Waals surface area contributed by atoms with Gasteiger partial charge in [0.05, 0.1) is 17.1 Å². The lowest BCUT2D eigenvalue weighted by Crippen LogP contribution is -2.57. The molecule has 2 aromatic rings. The molecule has 3 fully saturated rings. The van der Waals surface area contributed by atoms with Crippen molar-refractivity contribution in [2.75, 3.05) is 44.6 Å². The maximum Gasteiger partial charge on any atom is 0.420 e. The third-order valence-corrected chi connectivity index (χ3v) is 11.1. The maximum absolute atomic E-state index is 13.9. The summed E-state index contributed by atoms with van der Waals surface area (Å²) in [6, 6.07) is 2.49. The van der Waals surface area contributed by atoms with E-state index in [1.54, 1.807) is 14.7 Å². The first-order chi connectivity index (χ1) is 22.5. The van der Waals surface area contributed by atoms with Crippen molar-refractivity contribution in [1.82, 2.24) is 24.9 Å². The topological polar surface area (TPSA) is 108 Å². The Kier molecular flexibility index (Phi) is 10.1. The summed E-state index contributed by atoms with van der Waals surface area (Å²) in [4.78, 5) is 47.8. The normalized spacial score (nSPS) is 20.9. The van der Waals surface area contributed by atoms with Crippen LogP contribution in [-0.2, 0) is 23.9 Å². The third-order valence-electron chi connectivity index (χ3n) is 9.91. The van der Waals surface area contributed by atoms with Gasteiger partial charge in [-0.3, -0.25) is 10.1 Å². The number of hydrogen-bond donors (Lipinski definition) is 3. The van der Waals surface area contributed by atoms with Gasteiger partial charge in [-0.1, -0.05) is 18.0 Å². The van der Waals surface area contributed by atoms with E-state index in [0.717, 1.165) is 42.6 Å². The Morgan fingerprint density at radius 2 is 1.66 bits per heavy atom. The van der Waals surface area contributed by atoms with Gasteiger partial charge in [-0.05, 0) is 80.8 Å².